The van der Waals surface area contributed by atoms with Gasteiger partial charge in [0, 0.05) is 17.8 Å². The van der Waals surface area contributed by atoms with E-state index in [2.05, 4.69) is 20.4 Å². The summed E-state index contributed by atoms with van der Waals surface area (Å²) in [5.41, 5.74) is 1.80. The molecule has 2 aromatic carbocycles. The van der Waals surface area contributed by atoms with Gasteiger partial charge in [-0.05, 0) is 25.1 Å². The minimum Gasteiger partial charge on any atom is -0.325 e. The number of aromatic nitrogens is 4. The third-order valence-corrected chi connectivity index (χ3v) is 5.43. The number of rotatable bonds is 6. The van der Waals surface area contributed by atoms with E-state index in [1.54, 1.807) is 23.9 Å². The van der Waals surface area contributed by atoms with Crippen LogP contribution in [0.3, 0.4) is 0 Å². The highest BCUT2D eigenvalue weighted by Crippen LogP contribution is 2.29. The molecule has 0 saturated carbocycles. The van der Waals surface area contributed by atoms with Crippen LogP contribution in [0.2, 0.25) is 0 Å². The predicted molar refractivity (Wildman–Crippen MR) is 114 cm³/mol. The molecule has 0 fully saturated rings. The first-order chi connectivity index (χ1) is 14.5. The Morgan fingerprint density at radius 3 is 2.73 bits per heavy atom. The monoisotopic (exact) mass is 420 g/mol. The number of hydrogen-bond donors (Lipinski definition) is 1. The van der Waals surface area contributed by atoms with Gasteiger partial charge >= 0.3 is 0 Å². The summed E-state index contributed by atoms with van der Waals surface area (Å²) >= 11 is 1.27. The quantitative estimate of drug-likeness (QED) is 0.218. The normalized spacial score (nSPS) is 11.9. The molecule has 0 spiro atoms. The van der Waals surface area contributed by atoms with Crippen LogP contribution in [0.1, 0.15) is 6.92 Å². The minimum atomic E-state index is -0.504. The minimum absolute atomic E-state index is 0.0843. The molecule has 0 aliphatic heterocycles. The molecule has 2 aromatic heterocycles. The number of benzene rings is 2. The summed E-state index contributed by atoms with van der Waals surface area (Å²) in [6.07, 6.45) is 3.12. The van der Waals surface area contributed by atoms with Gasteiger partial charge in [0.05, 0.1) is 27.4 Å². The molecular formula is C20H16N6O3S. The molecule has 9 nitrogen and oxygen atoms in total. The van der Waals surface area contributed by atoms with Gasteiger partial charge in [-0.1, -0.05) is 36.0 Å². The molecule has 0 saturated heterocycles. The Kier molecular flexibility index (Phi) is 5.40. The van der Waals surface area contributed by atoms with Crippen LogP contribution < -0.4 is 5.32 Å². The van der Waals surface area contributed by atoms with Crippen LogP contribution in [0.15, 0.2) is 72.1 Å². The molecular weight excluding hydrogens is 404 g/mol. The number of carbonyl (C=O) groups excluding carboxylic acids is 1. The SMILES string of the molecule is CC(Sc1ncnc2c1cnn2-c1ccccc1)C(=O)Nc1cccc([N+](=O)[O-])c1. The third-order valence-electron chi connectivity index (χ3n) is 4.31. The molecule has 10 heteroatoms. The average Bonchev–Trinajstić information content (AvgIpc) is 3.19. The standard InChI is InChI=1S/C20H16N6O3S/c1-13(19(27)24-14-6-5-9-16(10-14)26(28)29)30-20-17-11-23-25(18(17)21-12-22-20)15-7-3-2-4-8-15/h2-13H,1H3,(H,24,27). The smallest absolute Gasteiger partial charge is 0.271 e. The van der Waals surface area contributed by atoms with Gasteiger partial charge in [-0.3, -0.25) is 14.9 Å². The molecule has 1 atom stereocenters. The van der Waals surface area contributed by atoms with Gasteiger partial charge in [-0.2, -0.15) is 5.10 Å². The summed E-state index contributed by atoms with van der Waals surface area (Å²) in [7, 11) is 0. The maximum absolute atomic E-state index is 12.6. The molecule has 2 heterocycles. The zero-order chi connectivity index (χ0) is 21.1. The zero-order valence-electron chi connectivity index (χ0n) is 15.8. The van der Waals surface area contributed by atoms with E-state index in [1.807, 2.05) is 30.3 Å². The number of nitro benzene ring substituents is 1. The van der Waals surface area contributed by atoms with E-state index in [1.165, 1.54) is 36.3 Å². The lowest BCUT2D eigenvalue weighted by Crippen LogP contribution is -2.22. The largest absolute Gasteiger partial charge is 0.325 e. The second kappa shape index (κ2) is 8.29. The molecule has 1 N–H and O–H groups in total. The number of fused-ring (bicyclic) bond motifs is 1. The Hall–Kier alpha value is -3.79. The Morgan fingerprint density at radius 2 is 1.97 bits per heavy atom. The van der Waals surface area contributed by atoms with E-state index < -0.39 is 10.2 Å². The van der Waals surface area contributed by atoms with Gasteiger partial charge in [-0.25, -0.2) is 14.6 Å². The lowest BCUT2D eigenvalue weighted by molar-refractivity contribution is -0.384. The number of para-hydroxylation sites is 1. The highest BCUT2D eigenvalue weighted by atomic mass is 32.2. The van der Waals surface area contributed by atoms with Crippen LogP contribution in [0, 0.1) is 10.1 Å². The zero-order valence-corrected chi connectivity index (χ0v) is 16.6. The number of thioether (sulfide) groups is 1. The number of non-ortho nitro benzene ring substituents is 1. The summed E-state index contributed by atoms with van der Waals surface area (Å²) in [6, 6.07) is 15.4. The van der Waals surface area contributed by atoms with Crippen molar-refractivity contribution in [1.82, 2.24) is 19.7 Å². The fraction of sp³-hybridized carbons (Fsp3) is 0.100. The highest BCUT2D eigenvalue weighted by molar-refractivity contribution is 8.00. The summed E-state index contributed by atoms with van der Waals surface area (Å²) in [4.78, 5) is 31.6. The number of hydrogen-bond acceptors (Lipinski definition) is 7. The molecule has 1 amide bonds. The summed E-state index contributed by atoms with van der Waals surface area (Å²) in [6.45, 7) is 1.74. The van der Waals surface area contributed by atoms with Crippen molar-refractivity contribution in [3.8, 4) is 5.69 Å². The highest BCUT2D eigenvalue weighted by Gasteiger charge is 2.19. The van der Waals surface area contributed by atoms with Gasteiger partial charge in [0.25, 0.3) is 5.69 Å². The van der Waals surface area contributed by atoms with E-state index in [4.69, 9.17) is 0 Å². The Balaban J connectivity index is 1.54. The van der Waals surface area contributed by atoms with Crippen molar-refractivity contribution < 1.29 is 9.72 Å². The van der Waals surface area contributed by atoms with Crippen molar-refractivity contribution >= 4 is 40.1 Å². The van der Waals surface area contributed by atoms with Crippen molar-refractivity contribution in [3.63, 3.8) is 0 Å². The lowest BCUT2D eigenvalue weighted by atomic mass is 10.2. The van der Waals surface area contributed by atoms with Gasteiger partial charge in [0.15, 0.2) is 5.65 Å². The van der Waals surface area contributed by atoms with Crippen LogP contribution in [-0.4, -0.2) is 35.8 Å². The van der Waals surface area contributed by atoms with Crippen molar-refractivity contribution in [2.45, 2.75) is 17.2 Å². The number of carbonyl (C=O) groups is 1. The molecule has 1 unspecified atom stereocenters. The maximum Gasteiger partial charge on any atom is 0.271 e. The molecule has 0 aliphatic rings. The number of anilines is 1. The predicted octanol–water partition coefficient (Wildman–Crippen LogP) is 3.84. The second-order valence-corrected chi connectivity index (χ2v) is 7.69. The first-order valence-corrected chi connectivity index (χ1v) is 9.87. The first kappa shape index (κ1) is 19.5. The van der Waals surface area contributed by atoms with Crippen LogP contribution in [0.5, 0.6) is 0 Å². The van der Waals surface area contributed by atoms with Crippen molar-refractivity contribution in [2.75, 3.05) is 5.32 Å². The van der Waals surface area contributed by atoms with E-state index in [-0.39, 0.29) is 11.6 Å². The van der Waals surface area contributed by atoms with Crippen LogP contribution in [0.4, 0.5) is 11.4 Å². The van der Waals surface area contributed by atoms with Crippen LogP contribution >= 0.6 is 11.8 Å². The molecule has 0 aliphatic carbocycles. The van der Waals surface area contributed by atoms with E-state index >= 15 is 0 Å². The fourth-order valence-electron chi connectivity index (χ4n) is 2.84. The third kappa shape index (κ3) is 3.98. The summed E-state index contributed by atoms with van der Waals surface area (Å²) in [5.74, 6) is -0.289. The first-order valence-electron chi connectivity index (χ1n) is 8.99. The Labute approximate surface area is 175 Å². The number of amides is 1. The van der Waals surface area contributed by atoms with Crippen LogP contribution in [-0.2, 0) is 4.79 Å². The summed E-state index contributed by atoms with van der Waals surface area (Å²) < 4.78 is 1.72. The van der Waals surface area contributed by atoms with Gasteiger partial charge in [0.1, 0.15) is 11.4 Å². The molecule has 4 aromatic rings. The van der Waals surface area contributed by atoms with E-state index in [0.717, 1.165) is 11.1 Å². The molecule has 0 radical (unpaired) electrons. The molecule has 150 valence electrons. The Morgan fingerprint density at radius 1 is 1.17 bits per heavy atom. The summed E-state index contributed by atoms with van der Waals surface area (Å²) in [5, 5.41) is 18.9. The number of nitro groups is 1. The lowest BCUT2D eigenvalue weighted by Gasteiger charge is -2.12. The molecule has 30 heavy (non-hydrogen) atoms. The fourth-order valence-corrected chi connectivity index (χ4v) is 3.72. The topological polar surface area (TPSA) is 116 Å². The van der Waals surface area contributed by atoms with Crippen molar-refractivity contribution in [2.24, 2.45) is 0 Å². The molecule has 0 bridgehead atoms. The van der Waals surface area contributed by atoms with Crippen LogP contribution in [0.25, 0.3) is 16.7 Å². The Bertz CT molecular complexity index is 1230. The van der Waals surface area contributed by atoms with E-state index in [9.17, 15) is 14.9 Å². The van der Waals surface area contributed by atoms with Crippen molar-refractivity contribution in [1.29, 1.82) is 0 Å². The average molecular weight is 420 g/mol. The number of nitrogens with zero attached hydrogens (tertiary/aromatic N) is 5. The van der Waals surface area contributed by atoms with E-state index in [0.29, 0.717) is 16.4 Å². The maximum atomic E-state index is 12.6. The molecule has 4 rings (SSSR count). The van der Waals surface area contributed by atoms with Gasteiger partial charge in [-0.15, -0.1) is 0 Å². The second-order valence-electron chi connectivity index (χ2n) is 6.36. The van der Waals surface area contributed by atoms with Gasteiger partial charge in [0.2, 0.25) is 5.91 Å². The van der Waals surface area contributed by atoms with Crippen molar-refractivity contribution in [3.05, 3.63) is 77.2 Å². The number of nitrogens with one attached hydrogen (secondary N) is 1. The van der Waals surface area contributed by atoms with Gasteiger partial charge < -0.3 is 5.32 Å².